The highest BCUT2D eigenvalue weighted by Gasteiger charge is 2.06. The zero-order valence-corrected chi connectivity index (χ0v) is 10.0. The minimum atomic E-state index is 0.109. The number of fused-ring (bicyclic) bond motifs is 1. The van der Waals surface area contributed by atoms with Gasteiger partial charge in [-0.1, -0.05) is 11.8 Å². The van der Waals surface area contributed by atoms with Gasteiger partial charge >= 0.3 is 0 Å². The number of rotatable bonds is 2. The highest BCUT2D eigenvalue weighted by Crippen LogP contribution is 2.13. The molecule has 0 aliphatic heterocycles. The normalized spacial score (nSPS) is 10.9. The van der Waals surface area contributed by atoms with Crippen LogP contribution in [0.4, 0.5) is 0 Å². The maximum atomic E-state index is 7.15. The molecule has 84 valence electrons. The molecule has 0 aliphatic rings. The summed E-state index contributed by atoms with van der Waals surface area (Å²) in [5.74, 6) is 1.31. The van der Waals surface area contributed by atoms with Gasteiger partial charge in [-0.15, -0.1) is 0 Å². The van der Waals surface area contributed by atoms with Crippen molar-refractivity contribution in [3.63, 3.8) is 0 Å². The molecule has 0 amide bonds. The Morgan fingerprint density at radius 2 is 2.25 bits per heavy atom. The van der Waals surface area contributed by atoms with Gasteiger partial charge < -0.3 is 5.73 Å². The molecule has 0 radical (unpaired) electrons. The predicted molar refractivity (Wildman–Crippen MR) is 65.7 cm³/mol. The Bertz CT molecular complexity index is 545. The smallest absolute Gasteiger partial charge is 0.234 e. The van der Waals surface area contributed by atoms with E-state index in [-0.39, 0.29) is 5.17 Å². The highest BCUT2D eigenvalue weighted by molar-refractivity contribution is 8.13. The number of imidazole rings is 1. The number of hydrogen-bond donors (Lipinski definition) is 2. The lowest BCUT2D eigenvalue weighted by molar-refractivity contribution is 1.01. The van der Waals surface area contributed by atoms with Gasteiger partial charge in [0, 0.05) is 23.3 Å². The number of nitrogens with one attached hydrogen (secondary N) is 1. The third-order valence-corrected chi connectivity index (χ3v) is 2.94. The summed E-state index contributed by atoms with van der Waals surface area (Å²) in [5, 5.41) is 7.25. The van der Waals surface area contributed by atoms with Crippen LogP contribution in [0.5, 0.6) is 0 Å². The number of aryl methyl sites for hydroxylation is 2. The molecule has 0 unspecified atom stereocenters. The fourth-order valence-corrected chi connectivity index (χ4v) is 1.98. The molecule has 5 nitrogen and oxygen atoms in total. The SMILES string of the molecule is Cc1cc(C)n2cc(CSC(=N)N)nc2n1. The van der Waals surface area contributed by atoms with Gasteiger partial charge in [0.25, 0.3) is 0 Å². The molecule has 0 saturated heterocycles. The van der Waals surface area contributed by atoms with Crippen LogP contribution in [-0.2, 0) is 5.75 Å². The summed E-state index contributed by atoms with van der Waals surface area (Å²) >= 11 is 1.27. The first kappa shape index (κ1) is 10.9. The van der Waals surface area contributed by atoms with E-state index in [1.807, 2.05) is 30.5 Å². The zero-order chi connectivity index (χ0) is 11.7. The van der Waals surface area contributed by atoms with Crippen LogP contribution in [0.1, 0.15) is 17.1 Å². The van der Waals surface area contributed by atoms with Crippen LogP contribution in [0.25, 0.3) is 5.78 Å². The molecule has 0 aliphatic carbocycles. The minimum Gasteiger partial charge on any atom is -0.379 e. The summed E-state index contributed by atoms with van der Waals surface area (Å²) in [4.78, 5) is 8.73. The van der Waals surface area contributed by atoms with Crippen molar-refractivity contribution in [2.75, 3.05) is 0 Å². The molecule has 3 N–H and O–H groups in total. The monoisotopic (exact) mass is 235 g/mol. The van der Waals surface area contributed by atoms with Crippen LogP contribution in [0.2, 0.25) is 0 Å². The molecule has 2 aromatic rings. The zero-order valence-electron chi connectivity index (χ0n) is 9.19. The number of hydrogen-bond acceptors (Lipinski definition) is 4. The van der Waals surface area contributed by atoms with E-state index in [0.29, 0.717) is 11.5 Å². The van der Waals surface area contributed by atoms with Crippen molar-refractivity contribution in [3.05, 3.63) is 29.3 Å². The summed E-state index contributed by atoms with van der Waals surface area (Å²) in [6.45, 7) is 3.97. The Kier molecular flexibility index (Phi) is 2.82. The second-order valence-electron chi connectivity index (χ2n) is 3.59. The lowest BCUT2D eigenvalue weighted by atomic mass is 10.3. The van der Waals surface area contributed by atoms with Gasteiger partial charge in [0.2, 0.25) is 5.78 Å². The minimum absolute atomic E-state index is 0.109. The van der Waals surface area contributed by atoms with Crippen molar-refractivity contribution < 1.29 is 0 Å². The first-order chi connectivity index (χ1) is 7.56. The molecule has 0 fully saturated rings. The molecular weight excluding hydrogens is 222 g/mol. The number of amidine groups is 1. The van der Waals surface area contributed by atoms with Crippen molar-refractivity contribution in [2.45, 2.75) is 19.6 Å². The van der Waals surface area contributed by atoms with Crippen molar-refractivity contribution >= 4 is 22.7 Å². The summed E-state index contributed by atoms with van der Waals surface area (Å²) in [7, 11) is 0. The summed E-state index contributed by atoms with van der Waals surface area (Å²) < 4.78 is 1.95. The van der Waals surface area contributed by atoms with E-state index in [4.69, 9.17) is 11.1 Å². The Morgan fingerprint density at radius 1 is 1.50 bits per heavy atom. The lowest BCUT2D eigenvalue weighted by Crippen LogP contribution is -2.03. The molecule has 2 aromatic heterocycles. The Balaban J connectivity index is 2.36. The average Bonchev–Trinajstić information content (AvgIpc) is 2.57. The predicted octanol–water partition coefficient (Wildman–Crippen LogP) is 1.47. The number of aromatic nitrogens is 3. The molecule has 6 heteroatoms. The topological polar surface area (TPSA) is 80.1 Å². The summed E-state index contributed by atoms with van der Waals surface area (Å²) in [6, 6.07) is 2.01. The van der Waals surface area contributed by atoms with E-state index < -0.39 is 0 Å². The first-order valence-electron chi connectivity index (χ1n) is 4.85. The van der Waals surface area contributed by atoms with Gasteiger partial charge in [-0.2, -0.15) is 0 Å². The third kappa shape index (κ3) is 2.16. The van der Waals surface area contributed by atoms with Gasteiger partial charge in [0.15, 0.2) is 5.17 Å². The van der Waals surface area contributed by atoms with Gasteiger partial charge in [-0.3, -0.25) is 9.81 Å². The van der Waals surface area contributed by atoms with Crippen molar-refractivity contribution in [1.82, 2.24) is 14.4 Å². The summed E-state index contributed by atoms with van der Waals surface area (Å²) in [5.41, 5.74) is 8.24. The second kappa shape index (κ2) is 4.13. The number of thioether (sulfide) groups is 1. The molecule has 2 rings (SSSR count). The van der Waals surface area contributed by atoms with Crippen LogP contribution in [0.15, 0.2) is 12.3 Å². The largest absolute Gasteiger partial charge is 0.379 e. The Labute approximate surface area is 97.6 Å². The first-order valence-corrected chi connectivity index (χ1v) is 5.84. The molecular formula is C10H13N5S. The Hall–Kier alpha value is -1.56. The molecule has 0 saturated carbocycles. The van der Waals surface area contributed by atoms with E-state index >= 15 is 0 Å². The van der Waals surface area contributed by atoms with Gasteiger partial charge in [-0.25, -0.2) is 9.97 Å². The van der Waals surface area contributed by atoms with E-state index in [1.54, 1.807) is 0 Å². The maximum Gasteiger partial charge on any atom is 0.234 e. The Morgan fingerprint density at radius 3 is 2.94 bits per heavy atom. The highest BCUT2D eigenvalue weighted by atomic mass is 32.2. The molecule has 16 heavy (non-hydrogen) atoms. The molecule has 0 bridgehead atoms. The fourth-order valence-electron chi connectivity index (χ4n) is 1.54. The molecule has 0 atom stereocenters. The number of nitrogens with zero attached hydrogens (tertiary/aromatic N) is 3. The molecule has 0 aromatic carbocycles. The van der Waals surface area contributed by atoms with Crippen molar-refractivity contribution in [2.24, 2.45) is 5.73 Å². The maximum absolute atomic E-state index is 7.15. The molecule has 2 heterocycles. The molecule has 0 spiro atoms. The summed E-state index contributed by atoms with van der Waals surface area (Å²) in [6.07, 6.45) is 1.94. The van der Waals surface area contributed by atoms with Crippen LogP contribution < -0.4 is 5.73 Å². The van der Waals surface area contributed by atoms with Crippen molar-refractivity contribution in [3.8, 4) is 0 Å². The van der Waals surface area contributed by atoms with E-state index in [2.05, 4.69) is 9.97 Å². The van der Waals surface area contributed by atoms with Crippen LogP contribution >= 0.6 is 11.8 Å². The quantitative estimate of drug-likeness (QED) is 0.610. The van der Waals surface area contributed by atoms with Gasteiger partial charge in [0.1, 0.15) is 0 Å². The second-order valence-corrected chi connectivity index (χ2v) is 4.61. The standard InChI is InChI=1S/C10H13N5S/c1-6-3-7(2)15-4-8(5-16-9(11)12)14-10(15)13-6/h3-4H,5H2,1-2H3,(H3,11,12). The number of nitrogens with two attached hydrogens (primary N) is 1. The van der Waals surface area contributed by atoms with Crippen molar-refractivity contribution in [1.29, 1.82) is 5.41 Å². The lowest BCUT2D eigenvalue weighted by Gasteiger charge is -1.98. The third-order valence-electron chi connectivity index (χ3n) is 2.19. The van der Waals surface area contributed by atoms with Crippen LogP contribution in [0, 0.1) is 19.3 Å². The van der Waals surface area contributed by atoms with Crippen LogP contribution in [0.3, 0.4) is 0 Å². The van der Waals surface area contributed by atoms with E-state index in [1.165, 1.54) is 11.8 Å². The van der Waals surface area contributed by atoms with Gasteiger partial charge in [-0.05, 0) is 19.9 Å². The van der Waals surface area contributed by atoms with Gasteiger partial charge in [0.05, 0.1) is 5.69 Å². The van der Waals surface area contributed by atoms with Crippen LogP contribution in [-0.4, -0.2) is 19.5 Å². The average molecular weight is 235 g/mol. The van der Waals surface area contributed by atoms with E-state index in [0.717, 1.165) is 17.1 Å². The van der Waals surface area contributed by atoms with E-state index in [9.17, 15) is 0 Å². The fraction of sp³-hybridized carbons (Fsp3) is 0.300.